The van der Waals surface area contributed by atoms with Crippen LogP contribution in [0.15, 0.2) is 11.6 Å². The minimum absolute atomic E-state index is 0.0190. The van der Waals surface area contributed by atoms with E-state index in [0.29, 0.717) is 32.1 Å². The third-order valence-corrected chi connectivity index (χ3v) is 11.1. The lowest BCUT2D eigenvalue weighted by Crippen LogP contribution is -2.63. The molecule has 0 radical (unpaired) electrons. The predicted octanol–water partition coefficient (Wildman–Crippen LogP) is 3.16. The summed E-state index contributed by atoms with van der Waals surface area (Å²) in [6.07, 6.45) is 4.47. The highest BCUT2D eigenvalue weighted by Crippen LogP contribution is 2.69. The van der Waals surface area contributed by atoms with Crippen molar-refractivity contribution in [3.63, 3.8) is 0 Å². The van der Waals surface area contributed by atoms with Gasteiger partial charge in [-0.15, -0.1) is 0 Å². The SMILES string of the molecule is CO[C@H](CCC(C)(C)O)[C@@](C)(O)C1CC[C@@]2(OC)C3=CC(=O)[C@@H]4C[C@@H](O)[C@@H](O)C[C@]4(C)C3CC[C@]12C. The lowest BCUT2D eigenvalue weighted by molar-refractivity contribution is -0.188. The lowest BCUT2D eigenvalue weighted by Gasteiger charge is -2.61. The number of methoxy groups -OCH3 is 2. The average molecular weight is 509 g/mol. The Labute approximate surface area is 216 Å². The molecule has 2 unspecified atom stereocenters. The maximum Gasteiger partial charge on any atom is 0.159 e. The number of hydrogen-bond acceptors (Lipinski definition) is 7. The highest BCUT2D eigenvalue weighted by molar-refractivity contribution is 5.95. The van der Waals surface area contributed by atoms with Gasteiger partial charge in [0.05, 0.1) is 35.1 Å². The first-order valence-electron chi connectivity index (χ1n) is 13.7. The molecular formula is C29H48O7. The van der Waals surface area contributed by atoms with E-state index in [-0.39, 0.29) is 23.5 Å². The van der Waals surface area contributed by atoms with Crippen molar-refractivity contribution < 1.29 is 34.7 Å². The molecule has 4 N–H and O–H groups in total. The van der Waals surface area contributed by atoms with Crippen molar-refractivity contribution in [1.29, 1.82) is 0 Å². The van der Waals surface area contributed by atoms with Crippen LogP contribution in [0, 0.1) is 28.6 Å². The van der Waals surface area contributed by atoms with Crippen LogP contribution in [0.5, 0.6) is 0 Å². The van der Waals surface area contributed by atoms with Crippen molar-refractivity contribution in [2.24, 2.45) is 28.6 Å². The number of aliphatic hydroxyl groups excluding tert-OH is 2. The van der Waals surface area contributed by atoms with E-state index in [9.17, 15) is 25.2 Å². The summed E-state index contributed by atoms with van der Waals surface area (Å²) in [6.45, 7) is 9.69. The third kappa shape index (κ3) is 4.04. The van der Waals surface area contributed by atoms with Gasteiger partial charge in [-0.2, -0.15) is 0 Å². The molecule has 3 fully saturated rings. The Morgan fingerprint density at radius 2 is 1.72 bits per heavy atom. The fourth-order valence-electron chi connectivity index (χ4n) is 9.09. The van der Waals surface area contributed by atoms with E-state index in [4.69, 9.17) is 9.47 Å². The second kappa shape index (κ2) is 9.13. The second-order valence-corrected chi connectivity index (χ2v) is 13.6. The van der Waals surface area contributed by atoms with E-state index in [1.54, 1.807) is 34.1 Å². The predicted molar refractivity (Wildman–Crippen MR) is 136 cm³/mol. The first kappa shape index (κ1) is 28.2. The molecule has 0 aromatic heterocycles. The number of fused-ring (bicyclic) bond motifs is 5. The molecule has 7 nitrogen and oxygen atoms in total. The molecule has 4 aliphatic rings. The number of hydrogen-bond donors (Lipinski definition) is 4. The molecule has 206 valence electrons. The van der Waals surface area contributed by atoms with Gasteiger partial charge in [-0.3, -0.25) is 4.79 Å². The molecule has 10 atom stereocenters. The minimum Gasteiger partial charge on any atom is -0.390 e. The van der Waals surface area contributed by atoms with Crippen LogP contribution < -0.4 is 0 Å². The largest absolute Gasteiger partial charge is 0.390 e. The van der Waals surface area contributed by atoms with Crippen LogP contribution in [0.2, 0.25) is 0 Å². The molecule has 0 aromatic carbocycles. The van der Waals surface area contributed by atoms with Gasteiger partial charge < -0.3 is 29.9 Å². The highest BCUT2D eigenvalue weighted by atomic mass is 16.5. The number of allylic oxidation sites excluding steroid dienone is 1. The molecule has 0 heterocycles. The van der Waals surface area contributed by atoms with Crippen LogP contribution in [0.1, 0.15) is 86.0 Å². The zero-order chi connectivity index (χ0) is 26.9. The smallest absolute Gasteiger partial charge is 0.159 e. The number of carbonyl (C=O) groups is 1. The Kier molecular flexibility index (Phi) is 7.15. The molecule has 4 aliphatic carbocycles. The molecule has 0 amide bonds. The van der Waals surface area contributed by atoms with Gasteiger partial charge in [0.1, 0.15) is 0 Å². The number of carbonyl (C=O) groups excluding carboxylic acids is 1. The molecule has 0 saturated heterocycles. The summed E-state index contributed by atoms with van der Waals surface area (Å²) >= 11 is 0. The van der Waals surface area contributed by atoms with Crippen LogP contribution in [0.25, 0.3) is 0 Å². The van der Waals surface area contributed by atoms with Crippen molar-refractivity contribution in [3.05, 3.63) is 11.6 Å². The van der Waals surface area contributed by atoms with Crippen LogP contribution >= 0.6 is 0 Å². The molecule has 0 aliphatic heterocycles. The third-order valence-electron chi connectivity index (χ3n) is 11.1. The molecule has 0 spiro atoms. The van der Waals surface area contributed by atoms with E-state index in [0.717, 1.165) is 24.8 Å². The van der Waals surface area contributed by atoms with Crippen molar-refractivity contribution in [1.82, 2.24) is 0 Å². The standard InChI is InChI=1S/C29H48O7/c1-25(2,33)11-10-24(35-6)28(5,34)23-9-13-29(36-7)18-14-20(30)19-15-21(31)22(32)16-26(19,3)17(18)8-12-27(23,29)4/h14,17,19,21-24,31-34H,8-13,15-16H2,1-7H3/t17?,19-,21+,22-,23?,24+,26+,27+,28-,29+/m0/s1. The van der Waals surface area contributed by atoms with Gasteiger partial charge >= 0.3 is 0 Å². The molecule has 3 saturated carbocycles. The van der Waals surface area contributed by atoms with Gasteiger partial charge in [0.25, 0.3) is 0 Å². The molecule has 0 bridgehead atoms. The number of aliphatic hydroxyl groups is 4. The van der Waals surface area contributed by atoms with E-state index in [1.807, 2.05) is 6.92 Å². The van der Waals surface area contributed by atoms with E-state index >= 15 is 0 Å². The molecule has 36 heavy (non-hydrogen) atoms. The highest BCUT2D eigenvalue weighted by Gasteiger charge is 2.70. The number of rotatable bonds is 7. The maximum atomic E-state index is 13.5. The summed E-state index contributed by atoms with van der Waals surface area (Å²) in [5.74, 6) is -0.334. The van der Waals surface area contributed by atoms with Crippen molar-refractivity contribution in [2.45, 2.75) is 121 Å². The minimum atomic E-state index is -1.15. The monoisotopic (exact) mass is 508 g/mol. The first-order valence-corrected chi connectivity index (χ1v) is 13.7. The first-order chi connectivity index (χ1) is 16.6. The summed E-state index contributed by atoms with van der Waals surface area (Å²) in [4.78, 5) is 13.5. The summed E-state index contributed by atoms with van der Waals surface area (Å²) in [5, 5.41) is 43.2. The fraction of sp³-hybridized carbons (Fsp3) is 0.897. The Hall–Kier alpha value is -0.830. The van der Waals surface area contributed by atoms with E-state index in [1.165, 1.54) is 0 Å². The Bertz CT molecular complexity index is 891. The maximum absolute atomic E-state index is 13.5. The number of ether oxygens (including phenoxy) is 2. The zero-order valence-electron chi connectivity index (χ0n) is 23.2. The van der Waals surface area contributed by atoms with Gasteiger partial charge in [-0.05, 0) is 101 Å². The van der Waals surface area contributed by atoms with Gasteiger partial charge in [-0.1, -0.05) is 13.8 Å². The summed E-state index contributed by atoms with van der Waals surface area (Å²) in [7, 11) is 3.34. The van der Waals surface area contributed by atoms with Crippen LogP contribution in [0.4, 0.5) is 0 Å². The van der Waals surface area contributed by atoms with Gasteiger partial charge in [0.15, 0.2) is 5.78 Å². The van der Waals surface area contributed by atoms with E-state index in [2.05, 4.69) is 13.8 Å². The summed E-state index contributed by atoms with van der Waals surface area (Å²) < 4.78 is 12.2. The molecule has 0 aromatic rings. The lowest BCUT2D eigenvalue weighted by atomic mass is 9.45. The summed E-state index contributed by atoms with van der Waals surface area (Å²) in [5.41, 5.74) is -2.54. The average Bonchev–Trinajstić information content (AvgIpc) is 3.09. The fourth-order valence-corrected chi connectivity index (χ4v) is 9.09. The number of ketones is 1. The van der Waals surface area contributed by atoms with Gasteiger partial charge in [-0.25, -0.2) is 0 Å². The molecular weight excluding hydrogens is 460 g/mol. The Balaban J connectivity index is 1.72. The topological polar surface area (TPSA) is 116 Å². The van der Waals surface area contributed by atoms with Crippen molar-refractivity contribution in [3.8, 4) is 0 Å². The van der Waals surface area contributed by atoms with Crippen LogP contribution in [0.3, 0.4) is 0 Å². The quantitative estimate of drug-likeness (QED) is 0.417. The van der Waals surface area contributed by atoms with E-state index < -0.39 is 45.9 Å². The van der Waals surface area contributed by atoms with Crippen LogP contribution in [-0.4, -0.2) is 75.5 Å². The Morgan fingerprint density at radius 3 is 2.31 bits per heavy atom. The Morgan fingerprint density at radius 1 is 1.06 bits per heavy atom. The van der Waals surface area contributed by atoms with Crippen LogP contribution in [-0.2, 0) is 14.3 Å². The zero-order valence-corrected chi connectivity index (χ0v) is 23.2. The second-order valence-electron chi connectivity index (χ2n) is 13.6. The van der Waals surface area contributed by atoms with Gasteiger partial charge in [0.2, 0.25) is 0 Å². The molecule has 4 rings (SSSR count). The van der Waals surface area contributed by atoms with Crippen molar-refractivity contribution >= 4 is 5.78 Å². The van der Waals surface area contributed by atoms with Crippen molar-refractivity contribution in [2.75, 3.05) is 14.2 Å². The van der Waals surface area contributed by atoms with Gasteiger partial charge in [0, 0.05) is 25.6 Å². The summed E-state index contributed by atoms with van der Waals surface area (Å²) in [6, 6.07) is 0. The molecule has 7 heteroatoms. The normalized spacial score (nSPS) is 45.2.